The highest BCUT2D eigenvalue weighted by Gasteiger charge is 2.31. The molecule has 0 radical (unpaired) electrons. The van der Waals surface area contributed by atoms with Gasteiger partial charge in [-0.05, 0) is 62.7 Å². The third kappa shape index (κ3) is 3.54. The smallest absolute Gasteiger partial charge is 0.125 e. The van der Waals surface area contributed by atoms with Gasteiger partial charge < -0.3 is 10.2 Å². The Labute approximate surface area is 179 Å². The van der Waals surface area contributed by atoms with Gasteiger partial charge >= 0.3 is 0 Å². The highest BCUT2D eigenvalue weighted by Crippen LogP contribution is 2.41. The average molecular weight is 423 g/mol. The van der Waals surface area contributed by atoms with Crippen LogP contribution in [-0.4, -0.2) is 34.0 Å². The van der Waals surface area contributed by atoms with Crippen LogP contribution in [0.3, 0.4) is 0 Å². The highest BCUT2D eigenvalue weighted by atomic mass is 32.1. The van der Waals surface area contributed by atoms with Gasteiger partial charge in [-0.1, -0.05) is 13.8 Å². The zero-order valence-corrected chi connectivity index (χ0v) is 18.5. The predicted octanol–water partition coefficient (Wildman–Crippen LogP) is 6.63. The first kappa shape index (κ1) is 19.0. The molecule has 4 heterocycles. The van der Waals surface area contributed by atoms with Crippen molar-refractivity contribution in [3.05, 3.63) is 46.9 Å². The molecule has 150 valence electrons. The number of likely N-dealkylation sites (N-methyl/N-ethyl adjacent to an activating group) is 1. The second kappa shape index (κ2) is 8.01. The summed E-state index contributed by atoms with van der Waals surface area (Å²) in [6.07, 6.45) is 5.70. The van der Waals surface area contributed by atoms with Crippen LogP contribution in [0.4, 0.5) is 11.4 Å². The molecular weight excluding hydrogens is 396 g/mol. The van der Waals surface area contributed by atoms with E-state index in [9.17, 15) is 0 Å². The Kier molecular flexibility index (Phi) is 5.24. The van der Waals surface area contributed by atoms with E-state index >= 15 is 0 Å². The van der Waals surface area contributed by atoms with Crippen LogP contribution in [0.5, 0.6) is 0 Å². The molecule has 0 saturated carbocycles. The number of hydrogen-bond acceptors (Lipinski definition) is 6. The summed E-state index contributed by atoms with van der Waals surface area (Å²) in [6, 6.07) is 11.5. The zero-order valence-electron chi connectivity index (χ0n) is 16.9. The molecule has 4 aromatic rings. The molecule has 1 N–H and O–H groups in total. The number of nitrogens with zero attached hydrogens (tertiary/aromatic N) is 3. The topological polar surface area (TPSA) is 41.1 Å². The number of nitrogens with one attached hydrogen (secondary N) is 1. The third-order valence-electron chi connectivity index (χ3n) is 6.15. The summed E-state index contributed by atoms with van der Waals surface area (Å²) in [5, 5.41) is 4.84. The molecule has 1 aliphatic rings. The first-order valence-electron chi connectivity index (χ1n) is 10.5. The van der Waals surface area contributed by atoms with Gasteiger partial charge in [-0.3, -0.25) is 0 Å². The molecule has 1 fully saturated rings. The lowest BCUT2D eigenvalue weighted by Gasteiger charge is -2.40. The summed E-state index contributed by atoms with van der Waals surface area (Å²) in [7, 11) is 0. The fraction of sp³-hybridized carbons (Fsp3) is 0.391. The van der Waals surface area contributed by atoms with E-state index in [2.05, 4.69) is 64.4 Å². The molecule has 0 amide bonds. The number of hydrogen-bond donors (Lipinski definition) is 1. The SMILES string of the molecule is CC[C@@H]1[C@@H](c2cc3c(Nc4ccc5scnc5c4)ccnc3s2)CCCN1CC. The number of pyridine rings is 1. The minimum absolute atomic E-state index is 0.618. The van der Waals surface area contributed by atoms with Crippen LogP contribution in [0.15, 0.2) is 42.0 Å². The molecule has 4 nitrogen and oxygen atoms in total. The van der Waals surface area contributed by atoms with Gasteiger partial charge in [0.05, 0.1) is 21.4 Å². The fourth-order valence-corrected chi connectivity index (χ4v) is 6.61. The molecule has 5 rings (SSSR count). The minimum Gasteiger partial charge on any atom is -0.355 e. The first-order chi connectivity index (χ1) is 14.3. The molecule has 29 heavy (non-hydrogen) atoms. The van der Waals surface area contributed by atoms with Crippen molar-refractivity contribution in [2.45, 2.75) is 45.1 Å². The van der Waals surface area contributed by atoms with Crippen molar-refractivity contribution in [2.24, 2.45) is 0 Å². The van der Waals surface area contributed by atoms with Crippen molar-refractivity contribution < 1.29 is 0 Å². The molecule has 6 heteroatoms. The lowest BCUT2D eigenvalue weighted by Crippen LogP contribution is -2.43. The summed E-state index contributed by atoms with van der Waals surface area (Å²) < 4.78 is 1.22. The summed E-state index contributed by atoms with van der Waals surface area (Å²) in [5.41, 5.74) is 5.15. The van der Waals surface area contributed by atoms with Crippen LogP contribution in [0.2, 0.25) is 0 Å². The van der Waals surface area contributed by atoms with Gasteiger partial charge in [-0.2, -0.15) is 0 Å². The maximum absolute atomic E-state index is 4.68. The minimum atomic E-state index is 0.618. The Morgan fingerprint density at radius 3 is 2.97 bits per heavy atom. The Bertz CT molecular complexity index is 1130. The zero-order chi connectivity index (χ0) is 19.8. The van der Waals surface area contributed by atoms with E-state index in [0.717, 1.165) is 28.3 Å². The van der Waals surface area contributed by atoms with Crippen molar-refractivity contribution in [2.75, 3.05) is 18.4 Å². The summed E-state index contributed by atoms with van der Waals surface area (Å²) in [4.78, 5) is 14.4. The largest absolute Gasteiger partial charge is 0.355 e. The van der Waals surface area contributed by atoms with Gasteiger partial charge in [0.1, 0.15) is 4.83 Å². The van der Waals surface area contributed by atoms with Crippen molar-refractivity contribution >= 4 is 54.5 Å². The van der Waals surface area contributed by atoms with Crippen LogP contribution in [0, 0.1) is 0 Å². The number of aromatic nitrogens is 2. The number of anilines is 2. The van der Waals surface area contributed by atoms with Crippen LogP contribution >= 0.6 is 22.7 Å². The van der Waals surface area contributed by atoms with Gasteiger partial charge in [-0.25, -0.2) is 9.97 Å². The Morgan fingerprint density at radius 1 is 1.17 bits per heavy atom. The number of rotatable bonds is 5. The maximum atomic E-state index is 4.68. The number of piperidine rings is 1. The average Bonchev–Trinajstić information content (AvgIpc) is 3.40. The summed E-state index contributed by atoms with van der Waals surface area (Å²) in [6.45, 7) is 7.00. The molecule has 0 spiro atoms. The van der Waals surface area contributed by atoms with Crippen molar-refractivity contribution in [1.82, 2.24) is 14.9 Å². The number of benzene rings is 1. The Balaban J connectivity index is 1.49. The van der Waals surface area contributed by atoms with Crippen LogP contribution in [0.25, 0.3) is 20.4 Å². The number of likely N-dealkylation sites (tertiary alicyclic amines) is 1. The van der Waals surface area contributed by atoms with E-state index in [1.54, 1.807) is 11.3 Å². The lowest BCUT2D eigenvalue weighted by molar-refractivity contribution is 0.131. The molecule has 2 atom stereocenters. The lowest BCUT2D eigenvalue weighted by atomic mass is 9.86. The van der Waals surface area contributed by atoms with Crippen LogP contribution in [-0.2, 0) is 0 Å². The van der Waals surface area contributed by atoms with Crippen LogP contribution < -0.4 is 5.32 Å². The monoisotopic (exact) mass is 422 g/mol. The highest BCUT2D eigenvalue weighted by molar-refractivity contribution is 7.18. The van der Waals surface area contributed by atoms with Gasteiger partial charge in [0.15, 0.2) is 0 Å². The second-order valence-corrected chi connectivity index (χ2v) is 9.69. The predicted molar refractivity (Wildman–Crippen MR) is 126 cm³/mol. The standard InChI is InChI=1S/C23H26N4S2/c1-3-20-16(6-5-11-27(20)4-2)22-13-17-18(9-10-24-23(17)29-22)26-15-7-8-21-19(12-15)25-14-28-21/h7-10,12-14,16,20H,3-6,11H2,1-2H3,(H,24,26)/t16-,20+/m0/s1. The molecule has 3 aromatic heterocycles. The number of thiazole rings is 1. The quantitative estimate of drug-likeness (QED) is 0.392. The van der Waals surface area contributed by atoms with E-state index in [1.807, 2.05) is 23.0 Å². The maximum Gasteiger partial charge on any atom is 0.125 e. The molecule has 0 unspecified atom stereocenters. The Morgan fingerprint density at radius 2 is 2.10 bits per heavy atom. The molecule has 1 aliphatic heterocycles. The van der Waals surface area contributed by atoms with Gasteiger partial charge in [0, 0.05) is 34.1 Å². The molecule has 1 saturated heterocycles. The third-order valence-corrected chi connectivity index (χ3v) is 8.13. The van der Waals surface area contributed by atoms with Crippen molar-refractivity contribution in [1.29, 1.82) is 0 Å². The van der Waals surface area contributed by atoms with Crippen molar-refractivity contribution in [3.8, 4) is 0 Å². The molecular formula is C23H26N4S2. The van der Waals surface area contributed by atoms with E-state index in [1.165, 1.54) is 40.8 Å². The van der Waals surface area contributed by atoms with E-state index in [0.29, 0.717) is 12.0 Å². The van der Waals surface area contributed by atoms with E-state index in [4.69, 9.17) is 0 Å². The van der Waals surface area contributed by atoms with Gasteiger partial charge in [0.2, 0.25) is 0 Å². The first-order valence-corrected chi connectivity index (χ1v) is 12.2. The number of fused-ring (bicyclic) bond motifs is 2. The Hall–Kier alpha value is -2.02. The van der Waals surface area contributed by atoms with Crippen molar-refractivity contribution in [3.63, 3.8) is 0 Å². The van der Waals surface area contributed by atoms with Crippen LogP contribution in [0.1, 0.15) is 43.9 Å². The van der Waals surface area contributed by atoms with Gasteiger partial charge in [-0.15, -0.1) is 22.7 Å². The van der Waals surface area contributed by atoms with Gasteiger partial charge in [0.25, 0.3) is 0 Å². The summed E-state index contributed by atoms with van der Waals surface area (Å²) >= 11 is 3.55. The molecule has 0 aliphatic carbocycles. The van der Waals surface area contributed by atoms with E-state index < -0.39 is 0 Å². The number of thiophene rings is 1. The summed E-state index contributed by atoms with van der Waals surface area (Å²) in [5.74, 6) is 0.618. The second-order valence-electron chi connectivity index (χ2n) is 7.74. The normalized spacial score (nSPS) is 20.5. The fourth-order valence-electron chi connectivity index (χ4n) is 4.74. The van der Waals surface area contributed by atoms with E-state index in [-0.39, 0.29) is 0 Å². The molecule has 1 aromatic carbocycles. The molecule has 0 bridgehead atoms.